The molecule has 2 aliphatic heterocycles. The van der Waals surface area contributed by atoms with E-state index in [1.807, 2.05) is 0 Å². The highest BCUT2D eigenvalue weighted by Gasteiger charge is 2.43. The molecule has 1 aliphatic carbocycles. The number of piperidine rings is 2. The first-order chi connectivity index (χ1) is 10.0. The largest absolute Gasteiger partial charge is 0.316 e. The van der Waals surface area contributed by atoms with Crippen molar-refractivity contribution in [3.05, 3.63) is 0 Å². The van der Waals surface area contributed by atoms with E-state index < -0.39 is 0 Å². The lowest BCUT2D eigenvalue weighted by atomic mass is 9.67. The van der Waals surface area contributed by atoms with Crippen LogP contribution in [-0.2, 0) is 0 Å². The molecule has 0 bridgehead atoms. The lowest BCUT2D eigenvalue weighted by Crippen LogP contribution is -2.56. The summed E-state index contributed by atoms with van der Waals surface area (Å²) in [4.78, 5) is 2.92. The molecule has 0 amide bonds. The number of likely N-dealkylation sites (tertiary alicyclic amines) is 1. The molecule has 1 spiro atoms. The van der Waals surface area contributed by atoms with E-state index in [-0.39, 0.29) is 0 Å². The van der Waals surface area contributed by atoms with Gasteiger partial charge in [-0.15, -0.1) is 0 Å². The Hall–Kier alpha value is -0.0800. The monoisotopic (exact) mass is 292 g/mol. The van der Waals surface area contributed by atoms with E-state index >= 15 is 0 Å². The second-order valence-corrected chi connectivity index (χ2v) is 9.18. The Kier molecular flexibility index (Phi) is 4.66. The Morgan fingerprint density at radius 2 is 1.76 bits per heavy atom. The summed E-state index contributed by atoms with van der Waals surface area (Å²) in [6.45, 7) is 12.7. The molecular formula is C19H36N2. The van der Waals surface area contributed by atoms with Crippen LogP contribution < -0.4 is 5.32 Å². The number of rotatable bonds is 1. The second kappa shape index (κ2) is 6.20. The van der Waals surface area contributed by atoms with Crippen molar-refractivity contribution in [2.24, 2.45) is 16.7 Å². The first kappa shape index (κ1) is 15.8. The average Bonchev–Trinajstić information content (AvgIpc) is 2.47. The van der Waals surface area contributed by atoms with Gasteiger partial charge in [-0.2, -0.15) is 0 Å². The molecule has 21 heavy (non-hydrogen) atoms. The normalized spacial score (nSPS) is 39.6. The number of nitrogens with one attached hydrogen (secondary N) is 1. The van der Waals surface area contributed by atoms with Gasteiger partial charge in [-0.25, -0.2) is 0 Å². The fourth-order valence-corrected chi connectivity index (χ4v) is 5.47. The molecule has 2 heterocycles. The van der Waals surface area contributed by atoms with Crippen molar-refractivity contribution in [2.75, 3.05) is 26.2 Å². The van der Waals surface area contributed by atoms with E-state index in [9.17, 15) is 0 Å². The van der Waals surface area contributed by atoms with E-state index in [2.05, 4.69) is 31.0 Å². The summed E-state index contributed by atoms with van der Waals surface area (Å²) in [5.74, 6) is 0.901. The van der Waals surface area contributed by atoms with Crippen LogP contribution in [-0.4, -0.2) is 37.1 Å². The van der Waals surface area contributed by atoms with Crippen LogP contribution in [0.2, 0.25) is 0 Å². The highest BCUT2D eigenvalue weighted by molar-refractivity contribution is 4.97. The molecule has 3 rings (SSSR count). The zero-order chi connectivity index (χ0) is 14.9. The first-order valence-corrected chi connectivity index (χ1v) is 9.45. The van der Waals surface area contributed by atoms with Crippen molar-refractivity contribution in [1.29, 1.82) is 0 Å². The van der Waals surface area contributed by atoms with Gasteiger partial charge in [0.25, 0.3) is 0 Å². The number of hydrogen-bond acceptors (Lipinski definition) is 2. The Morgan fingerprint density at radius 1 is 1.00 bits per heavy atom. The van der Waals surface area contributed by atoms with Gasteiger partial charge in [-0.05, 0) is 68.4 Å². The molecule has 1 saturated carbocycles. The summed E-state index contributed by atoms with van der Waals surface area (Å²) >= 11 is 0. The third-order valence-electron chi connectivity index (χ3n) is 6.56. The van der Waals surface area contributed by atoms with Crippen molar-refractivity contribution < 1.29 is 0 Å². The van der Waals surface area contributed by atoms with E-state index in [0.717, 1.165) is 12.0 Å². The van der Waals surface area contributed by atoms with Gasteiger partial charge in [0.2, 0.25) is 0 Å². The van der Waals surface area contributed by atoms with E-state index in [1.165, 1.54) is 77.5 Å². The first-order valence-electron chi connectivity index (χ1n) is 9.45. The summed E-state index contributed by atoms with van der Waals surface area (Å²) < 4.78 is 0. The average molecular weight is 293 g/mol. The van der Waals surface area contributed by atoms with Crippen molar-refractivity contribution in [1.82, 2.24) is 10.2 Å². The van der Waals surface area contributed by atoms with Crippen LogP contribution in [0.4, 0.5) is 0 Å². The minimum atomic E-state index is 0.473. The van der Waals surface area contributed by atoms with E-state index in [0.29, 0.717) is 10.8 Å². The van der Waals surface area contributed by atoms with Crippen molar-refractivity contribution in [3.8, 4) is 0 Å². The van der Waals surface area contributed by atoms with Gasteiger partial charge in [0, 0.05) is 19.1 Å². The van der Waals surface area contributed by atoms with Crippen LogP contribution in [0.3, 0.4) is 0 Å². The molecule has 3 unspecified atom stereocenters. The highest BCUT2D eigenvalue weighted by Crippen LogP contribution is 2.44. The second-order valence-electron chi connectivity index (χ2n) is 9.18. The molecule has 0 aromatic heterocycles. The third kappa shape index (κ3) is 3.47. The zero-order valence-corrected chi connectivity index (χ0v) is 14.6. The summed E-state index contributed by atoms with van der Waals surface area (Å²) in [6, 6.07) is 0.859. The zero-order valence-electron chi connectivity index (χ0n) is 14.6. The molecule has 3 atom stereocenters. The van der Waals surface area contributed by atoms with Crippen LogP contribution in [0.1, 0.15) is 72.1 Å². The molecular weight excluding hydrogens is 256 g/mol. The lowest BCUT2D eigenvalue weighted by Gasteiger charge is -2.52. The van der Waals surface area contributed by atoms with Crippen LogP contribution in [0.5, 0.6) is 0 Å². The van der Waals surface area contributed by atoms with Crippen molar-refractivity contribution in [3.63, 3.8) is 0 Å². The smallest absolute Gasteiger partial charge is 0.0129 e. The third-order valence-corrected chi connectivity index (χ3v) is 6.56. The van der Waals surface area contributed by atoms with Gasteiger partial charge in [0.05, 0.1) is 0 Å². The van der Waals surface area contributed by atoms with E-state index in [4.69, 9.17) is 0 Å². The Morgan fingerprint density at radius 3 is 2.48 bits per heavy atom. The van der Waals surface area contributed by atoms with Crippen LogP contribution in [0.25, 0.3) is 0 Å². The van der Waals surface area contributed by atoms with Crippen LogP contribution >= 0.6 is 0 Å². The molecule has 2 heteroatoms. The van der Waals surface area contributed by atoms with Crippen LogP contribution in [0, 0.1) is 16.7 Å². The summed E-state index contributed by atoms with van der Waals surface area (Å²) in [6.07, 6.45) is 11.6. The maximum atomic E-state index is 3.68. The molecule has 2 saturated heterocycles. The molecule has 0 aromatic rings. The maximum Gasteiger partial charge on any atom is 0.0129 e. The van der Waals surface area contributed by atoms with Gasteiger partial charge in [-0.3, -0.25) is 4.90 Å². The van der Waals surface area contributed by atoms with Crippen molar-refractivity contribution >= 4 is 0 Å². The quantitative estimate of drug-likeness (QED) is 0.784. The maximum absolute atomic E-state index is 3.68. The standard InChI is InChI=1S/C19H36N2/c1-18(2,3)16-8-4-5-9-17(16)21-13-7-11-19(15-21)10-6-12-20-14-19/h16-17,20H,4-15H2,1-3H3. The Bertz CT molecular complexity index is 332. The lowest BCUT2D eigenvalue weighted by molar-refractivity contribution is -0.0191. The summed E-state index contributed by atoms with van der Waals surface area (Å²) in [5, 5.41) is 3.68. The van der Waals surface area contributed by atoms with Gasteiger partial charge in [0.1, 0.15) is 0 Å². The fraction of sp³-hybridized carbons (Fsp3) is 1.00. The van der Waals surface area contributed by atoms with Gasteiger partial charge >= 0.3 is 0 Å². The summed E-state index contributed by atoms with van der Waals surface area (Å²) in [5.41, 5.74) is 1.08. The predicted molar refractivity (Wildman–Crippen MR) is 90.5 cm³/mol. The van der Waals surface area contributed by atoms with Gasteiger partial charge < -0.3 is 5.32 Å². The SMILES string of the molecule is CC(C)(C)C1CCCCC1N1CCCC2(CCCNC2)C1. The Labute approximate surface area is 132 Å². The molecule has 0 radical (unpaired) electrons. The predicted octanol–water partition coefficient (Wildman–Crippen LogP) is 4.06. The molecule has 0 aromatic carbocycles. The van der Waals surface area contributed by atoms with Crippen molar-refractivity contribution in [2.45, 2.75) is 78.2 Å². The molecule has 3 fully saturated rings. The van der Waals surface area contributed by atoms with Gasteiger partial charge in [0.15, 0.2) is 0 Å². The number of nitrogens with zero attached hydrogens (tertiary/aromatic N) is 1. The minimum Gasteiger partial charge on any atom is -0.316 e. The summed E-state index contributed by atoms with van der Waals surface area (Å²) in [7, 11) is 0. The minimum absolute atomic E-state index is 0.473. The van der Waals surface area contributed by atoms with Crippen LogP contribution in [0.15, 0.2) is 0 Å². The molecule has 3 aliphatic rings. The Balaban J connectivity index is 1.72. The molecule has 2 nitrogen and oxygen atoms in total. The van der Waals surface area contributed by atoms with Gasteiger partial charge in [-0.1, -0.05) is 33.6 Å². The van der Waals surface area contributed by atoms with E-state index in [1.54, 1.807) is 0 Å². The molecule has 122 valence electrons. The molecule has 1 N–H and O–H groups in total. The number of hydrogen-bond donors (Lipinski definition) is 1. The fourth-order valence-electron chi connectivity index (χ4n) is 5.47. The highest BCUT2D eigenvalue weighted by atomic mass is 15.2. The topological polar surface area (TPSA) is 15.3 Å².